The zero-order valence-electron chi connectivity index (χ0n) is 15.4. The van der Waals surface area contributed by atoms with E-state index in [2.05, 4.69) is 11.1 Å². The summed E-state index contributed by atoms with van der Waals surface area (Å²) in [5.41, 5.74) is 0. The van der Waals surface area contributed by atoms with E-state index in [1.54, 1.807) is 0 Å². The Morgan fingerprint density at radius 1 is 0.913 bits per heavy atom. The molecule has 0 heterocycles. The van der Waals surface area contributed by atoms with Gasteiger partial charge >= 0.3 is 46.1 Å². The van der Waals surface area contributed by atoms with Crippen molar-refractivity contribution in [2.24, 2.45) is 0 Å². The maximum absolute atomic E-state index is 10.2. The standard InChI is InChI=1S/C12H26O4S.CH2O3.H3N.Na.H/c1-2-3-4-5-6-7-8-9-10-11-12-16-17(13,14)15;2-1(3)4;;;/h2-12H2,1H3,(H,13,14,15);(H2,2,3,4);1H3;;/q;;;+1;-1. The second-order valence-electron chi connectivity index (χ2n) is 4.71. The Balaban J connectivity index is -0.000000154. The van der Waals surface area contributed by atoms with Crippen LogP contribution in [-0.2, 0) is 14.6 Å². The summed E-state index contributed by atoms with van der Waals surface area (Å²) >= 11 is 0. The Hall–Kier alpha value is 0.100. The molecule has 0 aromatic heterocycles. The van der Waals surface area contributed by atoms with E-state index in [4.69, 9.17) is 19.6 Å². The molecule has 0 aromatic carbocycles. The molecule has 8 nitrogen and oxygen atoms in total. The third-order valence-electron chi connectivity index (χ3n) is 2.73. The van der Waals surface area contributed by atoms with Gasteiger partial charge in [-0.25, -0.2) is 8.98 Å². The van der Waals surface area contributed by atoms with Gasteiger partial charge in [-0.15, -0.1) is 0 Å². The summed E-state index contributed by atoms with van der Waals surface area (Å²) in [5.74, 6) is 0. The molecule has 0 saturated heterocycles. The normalized spacial score (nSPS) is 9.83. The van der Waals surface area contributed by atoms with Crippen LogP contribution in [0.2, 0.25) is 0 Å². The van der Waals surface area contributed by atoms with Gasteiger partial charge in [0.25, 0.3) is 0 Å². The molecule has 0 aromatic rings. The molecule has 0 spiro atoms. The molecule has 0 saturated carbocycles. The van der Waals surface area contributed by atoms with Crippen molar-refractivity contribution >= 4 is 16.6 Å². The Morgan fingerprint density at radius 2 is 1.22 bits per heavy atom. The number of hydrogen-bond acceptors (Lipinski definition) is 5. The Bertz CT molecular complexity index is 341. The number of carboxylic acid groups (broad SMARTS) is 2. The van der Waals surface area contributed by atoms with Crippen molar-refractivity contribution < 1.29 is 63.1 Å². The van der Waals surface area contributed by atoms with Crippen LogP contribution in [0.1, 0.15) is 72.6 Å². The average molecular weight is 369 g/mol. The van der Waals surface area contributed by atoms with Gasteiger partial charge in [0, 0.05) is 0 Å². The van der Waals surface area contributed by atoms with Crippen LogP contribution >= 0.6 is 0 Å². The average Bonchev–Trinajstić information content (AvgIpc) is 2.34. The topological polar surface area (TPSA) is 156 Å². The van der Waals surface area contributed by atoms with E-state index >= 15 is 0 Å². The van der Waals surface area contributed by atoms with Gasteiger partial charge in [0.2, 0.25) is 0 Å². The number of carbonyl (C=O) groups is 1. The van der Waals surface area contributed by atoms with Crippen LogP contribution in [0.15, 0.2) is 0 Å². The second-order valence-corrected chi connectivity index (χ2v) is 5.81. The van der Waals surface area contributed by atoms with Crippen molar-refractivity contribution in [3.8, 4) is 0 Å². The molecule has 0 rings (SSSR count). The molecular formula is C13H32NNaO7S. The van der Waals surface area contributed by atoms with Gasteiger partial charge in [0.15, 0.2) is 0 Å². The predicted octanol–water partition coefficient (Wildman–Crippen LogP) is 1.23. The van der Waals surface area contributed by atoms with Crippen molar-refractivity contribution in [1.82, 2.24) is 6.15 Å². The summed E-state index contributed by atoms with van der Waals surface area (Å²) in [6, 6.07) is 0. The Morgan fingerprint density at radius 3 is 1.52 bits per heavy atom. The molecule has 0 radical (unpaired) electrons. The van der Waals surface area contributed by atoms with Gasteiger partial charge in [0.1, 0.15) is 0 Å². The fraction of sp³-hybridized carbons (Fsp3) is 0.923. The molecule has 0 amide bonds. The molecule has 0 fully saturated rings. The molecule has 0 atom stereocenters. The first-order chi connectivity index (χ1) is 9.79. The molecule has 0 aliphatic carbocycles. The van der Waals surface area contributed by atoms with E-state index < -0.39 is 16.6 Å². The molecule has 23 heavy (non-hydrogen) atoms. The molecule has 0 bridgehead atoms. The molecule has 10 heteroatoms. The van der Waals surface area contributed by atoms with Gasteiger partial charge in [-0.05, 0) is 6.42 Å². The first kappa shape index (κ1) is 30.9. The van der Waals surface area contributed by atoms with Gasteiger partial charge in [-0.1, -0.05) is 64.7 Å². The van der Waals surface area contributed by atoms with Crippen molar-refractivity contribution in [3.63, 3.8) is 0 Å². The van der Waals surface area contributed by atoms with Crippen LogP contribution in [0, 0.1) is 0 Å². The summed E-state index contributed by atoms with van der Waals surface area (Å²) in [6.45, 7) is 2.31. The van der Waals surface area contributed by atoms with Crippen molar-refractivity contribution in [2.45, 2.75) is 71.1 Å². The van der Waals surface area contributed by atoms with Crippen molar-refractivity contribution in [3.05, 3.63) is 0 Å². The minimum Gasteiger partial charge on any atom is -1.00 e. The minimum atomic E-state index is -4.23. The van der Waals surface area contributed by atoms with Crippen LogP contribution in [0.3, 0.4) is 0 Å². The second kappa shape index (κ2) is 22.1. The zero-order valence-corrected chi connectivity index (χ0v) is 17.2. The number of hydrogen-bond donors (Lipinski definition) is 4. The van der Waals surface area contributed by atoms with E-state index in [9.17, 15) is 8.42 Å². The summed E-state index contributed by atoms with van der Waals surface area (Å²) in [4.78, 5) is 8.56. The van der Waals surface area contributed by atoms with Gasteiger partial charge in [-0.2, -0.15) is 8.42 Å². The Labute approximate surface area is 163 Å². The maximum Gasteiger partial charge on any atom is 1.00 e. The summed E-state index contributed by atoms with van der Waals surface area (Å²) in [5, 5.41) is 13.9. The predicted molar refractivity (Wildman–Crippen MR) is 86.1 cm³/mol. The molecule has 0 aliphatic rings. The molecular weight excluding hydrogens is 337 g/mol. The maximum atomic E-state index is 10.2. The van der Waals surface area contributed by atoms with Gasteiger partial charge in [0.05, 0.1) is 6.61 Å². The molecule has 0 aliphatic heterocycles. The van der Waals surface area contributed by atoms with Crippen LogP contribution in [0.5, 0.6) is 0 Å². The van der Waals surface area contributed by atoms with Crippen LogP contribution < -0.4 is 35.7 Å². The first-order valence-electron chi connectivity index (χ1n) is 7.33. The van der Waals surface area contributed by atoms with E-state index in [1.807, 2.05) is 0 Å². The monoisotopic (exact) mass is 369 g/mol. The van der Waals surface area contributed by atoms with Crippen LogP contribution in [-0.4, -0.2) is 35.9 Å². The summed E-state index contributed by atoms with van der Waals surface area (Å²) in [7, 11) is -4.23. The summed E-state index contributed by atoms with van der Waals surface area (Å²) < 4.78 is 33.0. The fourth-order valence-corrected chi connectivity index (χ4v) is 2.08. The molecule has 138 valence electrons. The van der Waals surface area contributed by atoms with Crippen molar-refractivity contribution in [2.75, 3.05) is 6.61 Å². The Kier molecular flexibility index (Phi) is 29.7. The van der Waals surface area contributed by atoms with Crippen molar-refractivity contribution in [1.29, 1.82) is 0 Å². The van der Waals surface area contributed by atoms with E-state index in [1.165, 1.54) is 44.9 Å². The first-order valence-corrected chi connectivity index (χ1v) is 8.69. The third kappa shape index (κ3) is 44.9. The minimum absolute atomic E-state index is 0. The largest absolute Gasteiger partial charge is 1.00 e. The van der Waals surface area contributed by atoms with Gasteiger partial charge in [-0.3, -0.25) is 4.55 Å². The SMILES string of the molecule is CCCCCCCCCCCCOS(=O)(=O)O.N.O=C(O)O.[H-].[Na+]. The number of rotatable bonds is 12. The fourth-order valence-electron chi connectivity index (χ4n) is 1.75. The molecule has 0 unspecified atom stereocenters. The summed E-state index contributed by atoms with van der Waals surface area (Å²) in [6.07, 6.45) is 10.0. The molecule has 6 N–H and O–H groups in total. The quantitative estimate of drug-likeness (QED) is 0.227. The zero-order chi connectivity index (χ0) is 16.6. The van der Waals surface area contributed by atoms with E-state index in [0.29, 0.717) is 6.42 Å². The third-order valence-corrected chi connectivity index (χ3v) is 3.19. The number of unbranched alkanes of at least 4 members (excludes halogenated alkanes) is 9. The van der Waals surface area contributed by atoms with Crippen LogP contribution in [0.25, 0.3) is 0 Å². The smallest absolute Gasteiger partial charge is 1.00 e. The van der Waals surface area contributed by atoms with Gasteiger partial charge < -0.3 is 17.8 Å². The van der Waals surface area contributed by atoms with E-state index in [-0.39, 0.29) is 43.7 Å². The van der Waals surface area contributed by atoms with Crippen LogP contribution in [0.4, 0.5) is 4.79 Å². The van der Waals surface area contributed by atoms with E-state index in [0.717, 1.165) is 12.8 Å².